The molecule has 2 fully saturated rings. The van der Waals surface area contributed by atoms with Crippen LogP contribution in [0.5, 0.6) is 0 Å². The highest BCUT2D eigenvalue weighted by atomic mass is 16.6. The third-order valence-corrected chi connectivity index (χ3v) is 9.12. The molecule has 3 N–H and O–H groups in total. The minimum Gasteiger partial charge on any atom is -0.481 e. The molecule has 2 rings (SSSR count). The molecule has 0 aromatic carbocycles. The number of hydrogen-bond donors (Lipinski definition) is 3. The van der Waals surface area contributed by atoms with Crippen molar-refractivity contribution in [3.8, 4) is 0 Å². The fraction of sp³-hybridized carbons (Fsp3) is 0.838. The number of rotatable bonds is 26. The Hall–Kier alpha value is -3.58. The van der Waals surface area contributed by atoms with Crippen LogP contribution in [0.3, 0.4) is 0 Å². The van der Waals surface area contributed by atoms with Gasteiger partial charge in [0.15, 0.2) is 0 Å². The molecule has 2 aliphatic rings. The molecule has 2 unspecified atom stereocenters. The molecule has 0 aliphatic carbocycles. The molecule has 2 aliphatic heterocycles. The van der Waals surface area contributed by atoms with Gasteiger partial charge in [-0.2, -0.15) is 0 Å². The number of carboxylic acids is 1. The van der Waals surface area contributed by atoms with Crippen LogP contribution in [0, 0.1) is 0 Å². The lowest BCUT2D eigenvalue weighted by Crippen LogP contribution is -2.38. The maximum absolute atomic E-state index is 12.0. The largest absolute Gasteiger partial charge is 0.481 e. The van der Waals surface area contributed by atoms with E-state index < -0.39 is 18.2 Å². The second kappa shape index (κ2) is 29.0. The minimum absolute atomic E-state index is 0.0149. The molecule has 0 aromatic heterocycles. The molecule has 2 saturated heterocycles. The number of methoxy groups -OCH3 is 1. The van der Waals surface area contributed by atoms with Crippen molar-refractivity contribution >= 4 is 35.9 Å². The van der Waals surface area contributed by atoms with Gasteiger partial charge in [-0.1, -0.05) is 65.2 Å². The Morgan fingerprint density at radius 1 is 0.647 bits per heavy atom. The number of nitrogens with one attached hydrogen (secondary N) is 2. The normalized spacial score (nSPS) is 16.8. The number of aliphatic carboxylic acids is 1. The number of carbonyl (C=O) groups is 6. The number of amides is 4. The summed E-state index contributed by atoms with van der Waals surface area (Å²) in [6.07, 6.45) is 15.5. The molecule has 51 heavy (non-hydrogen) atoms. The van der Waals surface area contributed by atoms with Crippen molar-refractivity contribution in [1.82, 2.24) is 20.4 Å². The van der Waals surface area contributed by atoms with Gasteiger partial charge in [-0.15, -0.1) is 0 Å². The lowest BCUT2D eigenvalue weighted by Gasteiger charge is -2.24. The van der Waals surface area contributed by atoms with Gasteiger partial charge in [0, 0.05) is 51.9 Å². The molecule has 14 heteroatoms. The van der Waals surface area contributed by atoms with Crippen LogP contribution in [-0.4, -0.2) is 109 Å². The third-order valence-electron chi connectivity index (χ3n) is 9.12. The fourth-order valence-electron chi connectivity index (χ4n) is 6.04. The van der Waals surface area contributed by atoms with Gasteiger partial charge in [-0.05, 0) is 51.4 Å². The van der Waals surface area contributed by atoms with Gasteiger partial charge in [-0.25, -0.2) is 9.59 Å². The zero-order chi connectivity index (χ0) is 37.7. The van der Waals surface area contributed by atoms with Gasteiger partial charge < -0.3 is 39.8 Å². The molecule has 0 radical (unpaired) electrons. The Kier molecular flexibility index (Phi) is 25.9. The van der Waals surface area contributed by atoms with Crippen LogP contribution in [0.2, 0.25) is 0 Å². The molecule has 2 heterocycles. The van der Waals surface area contributed by atoms with E-state index in [4.69, 9.17) is 14.6 Å². The SMILES string of the molecule is CCCCCNC(=O)OCC1CCC(=O)N1CCCCCCC(=O)O.CCCCCNC(=O)OCC1CCC(=O)N1CCCCCCC(=O)OC. The molecular weight excluding hydrogens is 660 g/mol. The monoisotopic (exact) mass is 726 g/mol. The topological polar surface area (TPSA) is 181 Å². The molecule has 0 aromatic rings. The van der Waals surface area contributed by atoms with E-state index >= 15 is 0 Å². The number of esters is 1. The van der Waals surface area contributed by atoms with E-state index in [0.717, 1.165) is 96.3 Å². The number of carboxylic acid groups (broad SMARTS) is 1. The quantitative estimate of drug-likeness (QED) is 0.0548. The second-order valence-corrected chi connectivity index (χ2v) is 13.3. The smallest absolute Gasteiger partial charge is 0.407 e. The zero-order valence-electron chi connectivity index (χ0n) is 31.6. The summed E-state index contributed by atoms with van der Waals surface area (Å²) in [6.45, 7) is 7.31. The van der Waals surface area contributed by atoms with Gasteiger partial charge in [0.25, 0.3) is 0 Å². The Morgan fingerprint density at radius 3 is 1.49 bits per heavy atom. The second-order valence-electron chi connectivity index (χ2n) is 13.3. The molecular formula is C37H66N4O10. The first-order chi connectivity index (χ1) is 24.6. The van der Waals surface area contributed by atoms with E-state index in [9.17, 15) is 28.8 Å². The number of alkyl carbamates (subject to hydrolysis) is 2. The maximum Gasteiger partial charge on any atom is 0.407 e. The number of nitrogens with zero attached hydrogens (tertiary/aromatic N) is 2. The molecule has 294 valence electrons. The van der Waals surface area contributed by atoms with Gasteiger partial charge >= 0.3 is 24.1 Å². The molecule has 0 saturated carbocycles. The number of unbranched alkanes of at least 4 members (excludes halogenated alkanes) is 10. The van der Waals surface area contributed by atoms with Crippen LogP contribution < -0.4 is 10.6 Å². The third kappa shape index (κ3) is 22.1. The van der Waals surface area contributed by atoms with Crippen molar-refractivity contribution in [3.05, 3.63) is 0 Å². The van der Waals surface area contributed by atoms with E-state index in [1.54, 1.807) is 0 Å². The highest BCUT2D eigenvalue weighted by Crippen LogP contribution is 2.21. The van der Waals surface area contributed by atoms with Gasteiger partial charge in [-0.3, -0.25) is 19.2 Å². The predicted octanol–water partition coefficient (Wildman–Crippen LogP) is 5.95. The van der Waals surface area contributed by atoms with E-state index in [2.05, 4.69) is 29.2 Å². The zero-order valence-corrected chi connectivity index (χ0v) is 31.6. The average molecular weight is 727 g/mol. The number of carbonyl (C=O) groups excluding carboxylic acids is 5. The van der Waals surface area contributed by atoms with Gasteiger partial charge in [0.2, 0.25) is 11.8 Å². The highest BCUT2D eigenvalue weighted by molar-refractivity contribution is 5.79. The van der Waals surface area contributed by atoms with Crippen LogP contribution in [-0.2, 0) is 33.4 Å². The van der Waals surface area contributed by atoms with Crippen molar-refractivity contribution < 1.29 is 48.1 Å². The van der Waals surface area contributed by atoms with Crippen molar-refractivity contribution in [2.75, 3.05) is 46.5 Å². The minimum atomic E-state index is -0.764. The van der Waals surface area contributed by atoms with Crippen molar-refractivity contribution in [2.45, 2.75) is 154 Å². The summed E-state index contributed by atoms with van der Waals surface area (Å²) >= 11 is 0. The predicted molar refractivity (Wildman–Crippen MR) is 193 cm³/mol. The number of likely N-dealkylation sites (tertiary alicyclic amines) is 2. The first-order valence-corrected chi connectivity index (χ1v) is 19.3. The highest BCUT2D eigenvalue weighted by Gasteiger charge is 2.32. The van der Waals surface area contributed by atoms with Crippen LogP contribution in [0.1, 0.15) is 142 Å². The van der Waals surface area contributed by atoms with E-state index in [0.29, 0.717) is 51.9 Å². The summed E-state index contributed by atoms with van der Waals surface area (Å²) in [4.78, 5) is 72.5. The average Bonchev–Trinajstić information content (AvgIpc) is 3.66. The summed E-state index contributed by atoms with van der Waals surface area (Å²) < 4.78 is 15.1. The summed E-state index contributed by atoms with van der Waals surface area (Å²) in [5.41, 5.74) is 0. The Morgan fingerprint density at radius 2 is 1.08 bits per heavy atom. The van der Waals surface area contributed by atoms with E-state index in [1.807, 2.05) is 9.80 Å². The lowest BCUT2D eigenvalue weighted by molar-refractivity contribution is -0.141. The summed E-state index contributed by atoms with van der Waals surface area (Å²) in [7, 11) is 1.40. The van der Waals surface area contributed by atoms with Crippen LogP contribution >= 0.6 is 0 Å². The number of ether oxygens (including phenoxy) is 3. The van der Waals surface area contributed by atoms with Crippen LogP contribution in [0.15, 0.2) is 0 Å². The Balaban J connectivity index is 0.000000510. The van der Waals surface area contributed by atoms with Gasteiger partial charge in [0.1, 0.15) is 13.2 Å². The Bertz CT molecular complexity index is 1030. The Labute approximate surface area is 305 Å². The van der Waals surface area contributed by atoms with Gasteiger partial charge in [0.05, 0.1) is 19.2 Å². The molecule has 0 spiro atoms. The first kappa shape index (κ1) is 45.4. The molecule has 4 amide bonds. The van der Waals surface area contributed by atoms with Crippen molar-refractivity contribution in [3.63, 3.8) is 0 Å². The van der Waals surface area contributed by atoms with Crippen LogP contribution in [0.25, 0.3) is 0 Å². The first-order valence-electron chi connectivity index (χ1n) is 19.3. The molecule has 14 nitrogen and oxygen atoms in total. The fourth-order valence-corrected chi connectivity index (χ4v) is 6.04. The van der Waals surface area contributed by atoms with Crippen LogP contribution in [0.4, 0.5) is 9.59 Å². The molecule has 2 atom stereocenters. The maximum atomic E-state index is 12.0. The summed E-state index contributed by atoms with van der Waals surface area (Å²) in [6, 6.07) is -0.0492. The lowest BCUT2D eigenvalue weighted by atomic mass is 10.1. The number of hydrogen-bond acceptors (Lipinski definition) is 9. The molecule has 0 bridgehead atoms. The summed E-state index contributed by atoms with van der Waals surface area (Å²) in [5, 5.41) is 14.1. The standard InChI is InChI=1S/C19H34N2O5.C18H32N2O5/c1-3-4-8-13-20-19(24)26-15-16-11-12-17(22)21(16)14-9-6-5-7-10-18(23)25-2;1-2-3-7-12-19-18(24)25-14-15-10-11-16(21)20(15)13-8-5-4-6-9-17(22)23/h16H,3-15H2,1-2H3,(H,20,24);15H,2-14H2,1H3,(H,19,24)(H,22,23). The summed E-state index contributed by atoms with van der Waals surface area (Å²) in [5.74, 6) is -0.691. The van der Waals surface area contributed by atoms with Crippen molar-refractivity contribution in [1.29, 1.82) is 0 Å². The van der Waals surface area contributed by atoms with Crippen molar-refractivity contribution in [2.24, 2.45) is 0 Å². The van der Waals surface area contributed by atoms with E-state index in [-0.39, 0.29) is 49.5 Å². The van der Waals surface area contributed by atoms with E-state index in [1.165, 1.54) is 7.11 Å².